The molecule has 0 spiro atoms. The molecular formula is C15H31NO. The second kappa shape index (κ2) is 8.10. The molecule has 0 aliphatic carbocycles. The first-order chi connectivity index (χ1) is 8.20. The molecule has 0 bridgehead atoms. The predicted molar refractivity (Wildman–Crippen MR) is 74.4 cm³/mol. The molecule has 1 atom stereocenters. The van der Waals surface area contributed by atoms with Crippen LogP contribution in [0.1, 0.15) is 59.3 Å². The van der Waals surface area contributed by atoms with Crippen molar-refractivity contribution in [3.05, 3.63) is 0 Å². The predicted octanol–water partition coefficient (Wildman–Crippen LogP) is 3.71. The minimum absolute atomic E-state index is 0.519. The first-order valence-corrected chi connectivity index (χ1v) is 7.50. The lowest BCUT2D eigenvalue weighted by molar-refractivity contribution is 0.0159. The summed E-state index contributed by atoms with van der Waals surface area (Å²) in [5, 5.41) is 0. The third-order valence-corrected chi connectivity index (χ3v) is 4.20. The molecule has 2 heteroatoms. The van der Waals surface area contributed by atoms with Gasteiger partial charge in [0.05, 0.1) is 13.2 Å². The van der Waals surface area contributed by atoms with Gasteiger partial charge in [0.2, 0.25) is 0 Å². The van der Waals surface area contributed by atoms with E-state index in [2.05, 4.69) is 25.7 Å². The lowest BCUT2D eigenvalue weighted by Gasteiger charge is -2.37. The maximum Gasteiger partial charge on any atom is 0.0594 e. The standard InChI is InChI=1S/C15H31NO/c1-4-6-7-8-9-15(3,5-2)14-16-10-12-17-13-11-16/h4-14H2,1-3H3. The monoisotopic (exact) mass is 241 g/mol. The van der Waals surface area contributed by atoms with Gasteiger partial charge in [-0.3, -0.25) is 4.90 Å². The highest BCUT2D eigenvalue weighted by atomic mass is 16.5. The summed E-state index contributed by atoms with van der Waals surface area (Å²) in [5.74, 6) is 0. The first-order valence-electron chi connectivity index (χ1n) is 7.50. The van der Waals surface area contributed by atoms with Gasteiger partial charge in [0, 0.05) is 19.6 Å². The molecule has 0 aromatic rings. The summed E-state index contributed by atoms with van der Waals surface area (Å²) in [7, 11) is 0. The van der Waals surface area contributed by atoms with Crippen LogP contribution >= 0.6 is 0 Å². The summed E-state index contributed by atoms with van der Waals surface area (Å²) in [6.45, 7) is 12.5. The van der Waals surface area contributed by atoms with Gasteiger partial charge in [0.15, 0.2) is 0 Å². The average Bonchev–Trinajstić information content (AvgIpc) is 2.36. The maximum atomic E-state index is 5.42. The van der Waals surface area contributed by atoms with Gasteiger partial charge in [-0.15, -0.1) is 0 Å². The third-order valence-electron chi connectivity index (χ3n) is 4.20. The zero-order chi connectivity index (χ0) is 12.6. The van der Waals surface area contributed by atoms with Gasteiger partial charge < -0.3 is 4.74 Å². The van der Waals surface area contributed by atoms with Crippen molar-refractivity contribution >= 4 is 0 Å². The van der Waals surface area contributed by atoms with Crippen molar-refractivity contribution in [2.45, 2.75) is 59.3 Å². The van der Waals surface area contributed by atoms with Crippen molar-refractivity contribution < 1.29 is 4.74 Å². The fraction of sp³-hybridized carbons (Fsp3) is 1.00. The highest BCUT2D eigenvalue weighted by Crippen LogP contribution is 2.30. The van der Waals surface area contributed by atoms with E-state index in [1.165, 1.54) is 45.1 Å². The number of nitrogens with zero attached hydrogens (tertiary/aromatic N) is 1. The molecule has 2 nitrogen and oxygen atoms in total. The minimum Gasteiger partial charge on any atom is -0.379 e. The highest BCUT2D eigenvalue weighted by molar-refractivity contribution is 4.78. The molecule has 1 saturated heterocycles. The van der Waals surface area contributed by atoms with E-state index in [0.29, 0.717) is 5.41 Å². The van der Waals surface area contributed by atoms with Gasteiger partial charge in [-0.2, -0.15) is 0 Å². The van der Waals surface area contributed by atoms with Gasteiger partial charge in [-0.05, 0) is 18.3 Å². The fourth-order valence-electron chi connectivity index (χ4n) is 2.65. The molecule has 1 heterocycles. The van der Waals surface area contributed by atoms with Crippen LogP contribution in [-0.2, 0) is 4.74 Å². The van der Waals surface area contributed by atoms with Crippen LogP contribution < -0.4 is 0 Å². The normalized spacial score (nSPS) is 21.4. The number of unbranched alkanes of at least 4 members (excludes halogenated alkanes) is 3. The van der Waals surface area contributed by atoms with Crippen LogP contribution in [-0.4, -0.2) is 37.7 Å². The SMILES string of the molecule is CCCCCCC(C)(CC)CN1CCOCC1. The Morgan fingerprint density at radius 1 is 1.06 bits per heavy atom. The van der Waals surface area contributed by atoms with Crippen LogP contribution in [0.4, 0.5) is 0 Å². The van der Waals surface area contributed by atoms with Crippen molar-refractivity contribution in [2.24, 2.45) is 5.41 Å². The quantitative estimate of drug-likeness (QED) is 0.601. The molecule has 1 aliphatic heterocycles. The number of hydrogen-bond donors (Lipinski definition) is 0. The van der Waals surface area contributed by atoms with E-state index in [1.54, 1.807) is 0 Å². The Kier molecular flexibility index (Phi) is 7.14. The van der Waals surface area contributed by atoms with E-state index in [9.17, 15) is 0 Å². The number of ether oxygens (including phenoxy) is 1. The number of rotatable bonds is 8. The minimum atomic E-state index is 0.519. The summed E-state index contributed by atoms with van der Waals surface area (Å²) in [4.78, 5) is 2.59. The largest absolute Gasteiger partial charge is 0.379 e. The molecule has 0 amide bonds. The van der Waals surface area contributed by atoms with Crippen molar-refractivity contribution in [1.82, 2.24) is 4.90 Å². The molecule has 1 rings (SSSR count). The summed E-state index contributed by atoms with van der Waals surface area (Å²) >= 11 is 0. The number of hydrogen-bond acceptors (Lipinski definition) is 2. The Labute approximate surface area is 108 Å². The summed E-state index contributed by atoms with van der Waals surface area (Å²) < 4.78 is 5.42. The molecular weight excluding hydrogens is 210 g/mol. The van der Waals surface area contributed by atoms with E-state index in [4.69, 9.17) is 4.74 Å². The second-order valence-corrected chi connectivity index (χ2v) is 5.86. The van der Waals surface area contributed by atoms with Crippen LogP contribution in [0.5, 0.6) is 0 Å². The smallest absolute Gasteiger partial charge is 0.0594 e. The number of morpholine rings is 1. The van der Waals surface area contributed by atoms with Gasteiger partial charge >= 0.3 is 0 Å². The second-order valence-electron chi connectivity index (χ2n) is 5.86. The topological polar surface area (TPSA) is 12.5 Å². The molecule has 0 N–H and O–H groups in total. The summed E-state index contributed by atoms with van der Waals surface area (Å²) in [5.41, 5.74) is 0.519. The van der Waals surface area contributed by atoms with Crippen molar-refractivity contribution in [2.75, 3.05) is 32.8 Å². The Morgan fingerprint density at radius 3 is 2.35 bits per heavy atom. The molecule has 1 aliphatic rings. The molecule has 1 unspecified atom stereocenters. The fourth-order valence-corrected chi connectivity index (χ4v) is 2.65. The van der Waals surface area contributed by atoms with Crippen molar-refractivity contribution in [3.8, 4) is 0 Å². The van der Waals surface area contributed by atoms with Crippen molar-refractivity contribution in [3.63, 3.8) is 0 Å². The van der Waals surface area contributed by atoms with E-state index in [-0.39, 0.29) is 0 Å². The molecule has 0 aromatic carbocycles. The first kappa shape index (κ1) is 15.0. The third kappa shape index (κ3) is 5.87. The van der Waals surface area contributed by atoms with Crippen LogP contribution in [0, 0.1) is 5.41 Å². The summed E-state index contributed by atoms with van der Waals surface area (Å²) in [6, 6.07) is 0. The zero-order valence-corrected chi connectivity index (χ0v) is 12.1. The van der Waals surface area contributed by atoms with Gasteiger partial charge in [-0.25, -0.2) is 0 Å². The lowest BCUT2D eigenvalue weighted by Crippen LogP contribution is -2.42. The van der Waals surface area contributed by atoms with Crippen LogP contribution in [0.25, 0.3) is 0 Å². The molecule has 1 fully saturated rings. The highest BCUT2D eigenvalue weighted by Gasteiger charge is 2.25. The molecule has 102 valence electrons. The average molecular weight is 241 g/mol. The van der Waals surface area contributed by atoms with Crippen molar-refractivity contribution in [1.29, 1.82) is 0 Å². The molecule has 0 aromatic heterocycles. The van der Waals surface area contributed by atoms with Crippen LogP contribution in [0.15, 0.2) is 0 Å². The Balaban J connectivity index is 2.27. The van der Waals surface area contributed by atoms with Crippen LogP contribution in [0.3, 0.4) is 0 Å². The van der Waals surface area contributed by atoms with Gasteiger partial charge in [-0.1, -0.05) is 46.5 Å². The maximum absolute atomic E-state index is 5.42. The lowest BCUT2D eigenvalue weighted by atomic mass is 9.81. The zero-order valence-electron chi connectivity index (χ0n) is 12.1. The Bertz CT molecular complexity index is 189. The van der Waals surface area contributed by atoms with Crippen LogP contribution in [0.2, 0.25) is 0 Å². The molecule has 17 heavy (non-hydrogen) atoms. The summed E-state index contributed by atoms with van der Waals surface area (Å²) in [6.07, 6.45) is 8.25. The van der Waals surface area contributed by atoms with E-state index in [1.807, 2.05) is 0 Å². The van der Waals surface area contributed by atoms with E-state index in [0.717, 1.165) is 26.3 Å². The Morgan fingerprint density at radius 2 is 1.76 bits per heavy atom. The van der Waals surface area contributed by atoms with Gasteiger partial charge in [0.1, 0.15) is 0 Å². The molecule has 0 radical (unpaired) electrons. The van der Waals surface area contributed by atoms with E-state index >= 15 is 0 Å². The van der Waals surface area contributed by atoms with Gasteiger partial charge in [0.25, 0.3) is 0 Å². The molecule has 0 saturated carbocycles. The Hall–Kier alpha value is -0.0800. The van der Waals surface area contributed by atoms with E-state index < -0.39 is 0 Å².